The maximum absolute atomic E-state index is 12.2. The average molecular weight is 302 g/mol. The number of hydrogen-bond donors (Lipinski definition) is 2. The molecule has 22 heavy (non-hydrogen) atoms. The van der Waals surface area contributed by atoms with Gasteiger partial charge in [0.2, 0.25) is 0 Å². The van der Waals surface area contributed by atoms with Crippen molar-refractivity contribution in [3.8, 4) is 11.8 Å². The molecular weight excluding hydrogens is 284 g/mol. The van der Waals surface area contributed by atoms with Gasteiger partial charge in [-0.05, 0) is 20.8 Å². The third-order valence-electron chi connectivity index (χ3n) is 3.21. The van der Waals surface area contributed by atoms with Gasteiger partial charge >= 0.3 is 5.97 Å². The molecule has 0 aliphatic carbocycles. The van der Waals surface area contributed by atoms with Crippen molar-refractivity contribution in [1.29, 1.82) is 0 Å². The molecule has 2 aromatic heterocycles. The normalized spacial score (nSPS) is 11.2. The van der Waals surface area contributed by atoms with Gasteiger partial charge in [-0.1, -0.05) is 11.8 Å². The number of rotatable bonds is 1. The number of esters is 1. The highest BCUT2D eigenvalue weighted by Crippen LogP contribution is 2.24. The first-order chi connectivity index (χ1) is 10.2. The molecule has 2 heterocycles. The molecule has 0 fully saturated rings. The molecule has 0 unspecified atom stereocenters. The zero-order valence-corrected chi connectivity index (χ0v) is 13.2. The number of aromatic nitrogens is 2. The van der Waals surface area contributed by atoms with E-state index in [-0.39, 0.29) is 11.1 Å². The van der Waals surface area contributed by atoms with Crippen LogP contribution >= 0.6 is 0 Å². The van der Waals surface area contributed by atoms with Crippen LogP contribution in [0.4, 0.5) is 0 Å². The number of hydrogen-bond acceptors (Lipinski definition) is 4. The minimum absolute atomic E-state index is 0.262. The van der Waals surface area contributed by atoms with Crippen molar-refractivity contribution >= 4 is 16.9 Å². The Morgan fingerprint density at radius 3 is 2.64 bits per heavy atom. The maximum Gasteiger partial charge on any atom is 0.340 e. The van der Waals surface area contributed by atoms with Crippen LogP contribution in [0.3, 0.4) is 0 Å². The van der Waals surface area contributed by atoms with E-state index in [4.69, 9.17) is 4.74 Å². The first-order valence-corrected chi connectivity index (χ1v) is 6.71. The highest BCUT2D eigenvalue weighted by molar-refractivity contribution is 6.07. The van der Waals surface area contributed by atoms with Crippen LogP contribution in [0.2, 0.25) is 0 Å². The number of H-pyrrole nitrogens is 1. The second-order valence-corrected chi connectivity index (χ2v) is 5.63. The summed E-state index contributed by atoms with van der Waals surface area (Å²) >= 11 is 0. The summed E-state index contributed by atoms with van der Waals surface area (Å²) in [5.74, 6) is 5.00. The van der Waals surface area contributed by atoms with Gasteiger partial charge in [0.15, 0.2) is 0 Å². The first kappa shape index (κ1) is 15.9. The molecular formula is C16H18N2O4. The zero-order valence-electron chi connectivity index (χ0n) is 13.2. The predicted octanol–water partition coefficient (Wildman–Crippen LogP) is 1.08. The molecule has 0 saturated heterocycles. The van der Waals surface area contributed by atoms with E-state index in [9.17, 15) is 14.7 Å². The van der Waals surface area contributed by atoms with E-state index in [1.165, 1.54) is 11.7 Å². The number of aromatic amines is 1. The van der Waals surface area contributed by atoms with E-state index in [2.05, 4.69) is 16.8 Å². The van der Waals surface area contributed by atoms with Crippen LogP contribution in [0, 0.1) is 18.8 Å². The minimum atomic E-state index is -1.18. The van der Waals surface area contributed by atoms with Crippen molar-refractivity contribution in [1.82, 2.24) is 9.55 Å². The quantitative estimate of drug-likeness (QED) is 0.610. The number of ether oxygens (including phenoxy) is 1. The zero-order chi connectivity index (χ0) is 16.7. The number of carbonyl (C=O) groups is 1. The van der Waals surface area contributed by atoms with Gasteiger partial charge in [0.1, 0.15) is 11.1 Å². The van der Waals surface area contributed by atoms with E-state index in [0.717, 1.165) is 0 Å². The van der Waals surface area contributed by atoms with Gasteiger partial charge < -0.3 is 19.4 Å². The molecule has 6 heteroatoms. The third kappa shape index (κ3) is 2.76. The fourth-order valence-corrected chi connectivity index (χ4v) is 2.22. The van der Waals surface area contributed by atoms with E-state index < -0.39 is 11.6 Å². The molecule has 0 saturated carbocycles. The number of aryl methyl sites for hydroxylation is 2. The van der Waals surface area contributed by atoms with Crippen molar-refractivity contribution < 1.29 is 14.6 Å². The number of pyridine rings is 1. The summed E-state index contributed by atoms with van der Waals surface area (Å²) in [6.07, 6.45) is 1.54. The molecule has 116 valence electrons. The largest absolute Gasteiger partial charge is 0.465 e. The van der Waals surface area contributed by atoms with E-state index >= 15 is 0 Å². The van der Waals surface area contributed by atoms with Gasteiger partial charge in [0, 0.05) is 24.3 Å². The predicted molar refractivity (Wildman–Crippen MR) is 82.8 cm³/mol. The summed E-state index contributed by atoms with van der Waals surface area (Å²) in [6.45, 7) is 4.81. The summed E-state index contributed by atoms with van der Waals surface area (Å²) in [7, 11) is 2.88. The second-order valence-electron chi connectivity index (χ2n) is 5.63. The molecule has 0 amide bonds. The van der Waals surface area contributed by atoms with Crippen molar-refractivity contribution in [2.24, 2.45) is 7.05 Å². The fraction of sp³-hybridized carbons (Fsp3) is 0.375. The molecule has 0 aromatic carbocycles. The Bertz CT molecular complexity index is 870. The molecule has 0 atom stereocenters. The maximum atomic E-state index is 12.2. The molecule has 0 bridgehead atoms. The average Bonchev–Trinajstić information content (AvgIpc) is 2.77. The Morgan fingerprint density at radius 1 is 1.45 bits per heavy atom. The molecule has 2 rings (SSSR count). The van der Waals surface area contributed by atoms with Gasteiger partial charge in [0.05, 0.1) is 18.2 Å². The lowest BCUT2D eigenvalue weighted by atomic mass is 10.1. The van der Waals surface area contributed by atoms with Crippen LogP contribution in [0.1, 0.15) is 35.5 Å². The summed E-state index contributed by atoms with van der Waals surface area (Å²) in [5, 5.41) is 10.2. The molecule has 2 aromatic rings. The van der Waals surface area contributed by atoms with Crippen molar-refractivity contribution in [2.45, 2.75) is 26.4 Å². The Kier molecular flexibility index (Phi) is 3.86. The molecule has 0 radical (unpaired) electrons. The number of aliphatic hydroxyl groups is 1. The van der Waals surface area contributed by atoms with Gasteiger partial charge in [-0.15, -0.1) is 0 Å². The molecule has 0 aliphatic rings. The number of fused-ring (bicyclic) bond motifs is 1. The standard InChI is InChI=1S/C16H18N2O4/c1-9-11(15(20)22-5)12-10(6-7-16(2,3)21)8-18(4)14(19)13(12)17-9/h8,17,21H,1-5H3. The summed E-state index contributed by atoms with van der Waals surface area (Å²) in [6, 6.07) is 0. The summed E-state index contributed by atoms with van der Waals surface area (Å²) < 4.78 is 6.17. The fourth-order valence-electron chi connectivity index (χ4n) is 2.22. The van der Waals surface area contributed by atoms with Gasteiger partial charge in [-0.2, -0.15) is 0 Å². The first-order valence-electron chi connectivity index (χ1n) is 6.71. The minimum Gasteiger partial charge on any atom is -0.465 e. The van der Waals surface area contributed by atoms with Gasteiger partial charge in [0.25, 0.3) is 5.56 Å². The van der Waals surface area contributed by atoms with Crippen molar-refractivity contribution in [3.63, 3.8) is 0 Å². The summed E-state index contributed by atoms with van der Waals surface area (Å²) in [5.41, 5.74) is 0.151. The monoisotopic (exact) mass is 302 g/mol. The third-order valence-corrected chi connectivity index (χ3v) is 3.21. The molecule has 0 spiro atoms. The lowest BCUT2D eigenvalue weighted by Gasteiger charge is -2.07. The van der Waals surface area contributed by atoms with Gasteiger partial charge in [-0.25, -0.2) is 4.79 Å². The Balaban J connectivity index is 2.91. The van der Waals surface area contributed by atoms with Crippen molar-refractivity contribution in [3.05, 3.63) is 33.4 Å². The lowest BCUT2D eigenvalue weighted by Crippen LogP contribution is -2.18. The smallest absolute Gasteiger partial charge is 0.340 e. The van der Waals surface area contributed by atoms with E-state index in [0.29, 0.717) is 22.2 Å². The highest BCUT2D eigenvalue weighted by Gasteiger charge is 2.21. The number of carbonyl (C=O) groups excluding carboxylic acids is 1. The molecule has 2 N–H and O–H groups in total. The van der Waals surface area contributed by atoms with E-state index in [1.54, 1.807) is 34.0 Å². The van der Waals surface area contributed by atoms with Crippen LogP contribution in [0.25, 0.3) is 10.9 Å². The van der Waals surface area contributed by atoms with Crippen LogP contribution in [0.5, 0.6) is 0 Å². The highest BCUT2D eigenvalue weighted by atomic mass is 16.5. The number of methoxy groups -OCH3 is 1. The van der Waals surface area contributed by atoms with Crippen LogP contribution < -0.4 is 5.56 Å². The molecule has 6 nitrogen and oxygen atoms in total. The number of nitrogens with zero attached hydrogens (tertiary/aromatic N) is 1. The Hall–Kier alpha value is -2.52. The van der Waals surface area contributed by atoms with Crippen LogP contribution in [0.15, 0.2) is 11.0 Å². The Labute approximate surface area is 127 Å². The molecule has 0 aliphatic heterocycles. The van der Waals surface area contributed by atoms with Gasteiger partial charge in [-0.3, -0.25) is 4.79 Å². The van der Waals surface area contributed by atoms with Crippen LogP contribution in [-0.4, -0.2) is 33.3 Å². The Morgan fingerprint density at radius 2 is 2.09 bits per heavy atom. The van der Waals surface area contributed by atoms with E-state index in [1.807, 2.05) is 0 Å². The lowest BCUT2D eigenvalue weighted by molar-refractivity contribution is 0.0602. The topological polar surface area (TPSA) is 84.3 Å². The number of nitrogens with one attached hydrogen (secondary N) is 1. The SMILES string of the molecule is COC(=O)c1c(C)[nH]c2c(=O)n(C)cc(C#CC(C)(C)O)c12. The second kappa shape index (κ2) is 5.35. The summed E-state index contributed by atoms with van der Waals surface area (Å²) in [4.78, 5) is 27.2. The van der Waals surface area contributed by atoms with Crippen molar-refractivity contribution in [2.75, 3.05) is 7.11 Å². The van der Waals surface area contributed by atoms with Crippen LogP contribution in [-0.2, 0) is 11.8 Å².